The summed E-state index contributed by atoms with van der Waals surface area (Å²) in [4.78, 5) is 4.50. The molecule has 0 aliphatic heterocycles. The maximum Gasteiger partial charge on any atom is 0.191 e. The predicted molar refractivity (Wildman–Crippen MR) is 117 cm³/mol. The molecule has 0 bridgehead atoms. The minimum Gasteiger partial charge on any atom is -0.493 e. The second kappa shape index (κ2) is 13.2. The molecule has 0 spiro atoms. The first-order chi connectivity index (χ1) is 12.8. The average Bonchev–Trinajstić information content (AvgIpc) is 3.17. The number of aliphatic imine (C=N–C) groups is 1. The van der Waals surface area contributed by atoms with Gasteiger partial charge in [-0.05, 0) is 44.4 Å². The van der Waals surface area contributed by atoms with Crippen molar-refractivity contribution in [2.45, 2.75) is 33.2 Å². The van der Waals surface area contributed by atoms with Crippen molar-refractivity contribution in [1.29, 1.82) is 0 Å². The molecule has 8 heteroatoms. The SMILES string of the molecule is CCNC(=NCc1ccon1)NCCCc1ccc(OC)c(OCC)c1.I. The number of rotatable bonds is 10. The van der Waals surface area contributed by atoms with Gasteiger partial charge >= 0.3 is 0 Å². The van der Waals surface area contributed by atoms with E-state index >= 15 is 0 Å². The first-order valence-electron chi connectivity index (χ1n) is 8.98. The van der Waals surface area contributed by atoms with Crippen molar-refractivity contribution in [2.75, 3.05) is 26.8 Å². The van der Waals surface area contributed by atoms with Crippen LogP contribution in [-0.4, -0.2) is 37.9 Å². The molecule has 0 fully saturated rings. The molecular weight excluding hydrogens is 459 g/mol. The Kier molecular flexibility index (Phi) is 11.3. The van der Waals surface area contributed by atoms with Crippen LogP contribution in [0.2, 0.25) is 0 Å². The Balaban J connectivity index is 0.00000364. The molecule has 0 unspecified atom stereocenters. The molecule has 150 valence electrons. The summed E-state index contributed by atoms with van der Waals surface area (Å²) in [6, 6.07) is 7.89. The van der Waals surface area contributed by atoms with Crippen LogP contribution in [0.4, 0.5) is 0 Å². The van der Waals surface area contributed by atoms with Gasteiger partial charge in [0, 0.05) is 19.2 Å². The van der Waals surface area contributed by atoms with Crippen LogP contribution >= 0.6 is 24.0 Å². The van der Waals surface area contributed by atoms with E-state index in [4.69, 9.17) is 14.0 Å². The molecule has 7 nitrogen and oxygen atoms in total. The van der Waals surface area contributed by atoms with Crippen LogP contribution in [0.1, 0.15) is 31.5 Å². The third-order valence-corrected chi connectivity index (χ3v) is 3.70. The van der Waals surface area contributed by atoms with E-state index in [1.807, 2.05) is 32.0 Å². The number of aromatic nitrogens is 1. The number of nitrogens with one attached hydrogen (secondary N) is 2. The molecule has 0 saturated heterocycles. The van der Waals surface area contributed by atoms with Gasteiger partial charge in [0.1, 0.15) is 12.0 Å². The van der Waals surface area contributed by atoms with Gasteiger partial charge in [0.2, 0.25) is 0 Å². The van der Waals surface area contributed by atoms with E-state index in [0.29, 0.717) is 13.2 Å². The highest BCUT2D eigenvalue weighted by Gasteiger charge is 2.05. The zero-order valence-corrected chi connectivity index (χ0v) is 18.5. The minimum absolute atomic E-state index is 0. The topological polar surface area (TPSA) is 80.9 Å². The number of nitrogens with zero attached hydrogens (tertiary/aromatic N) is 2. The van der Waals surface area contributed by atoms with E-state index in [1.165, 1.54) is 5.56 Å². The highest BCUT2D eigenvalue weighted by molar-refractivity contribution is 14.0. The third-order valence-electron chi connectivity index (χ3n) is 3.70. The zero-order valence-electron chi connectivity index (χ0n) is 16.2. The Hall–Kier alpha value is -1.97. The van der Waals surface area contributed by atoms with Crippen molar-refractivity contribution in [3.05, 3.63) is 41.8 Å². The van der Waals surface area contributed by atoms with E-state index in [0.717, 1.165) is 49.1 Å². The predicted octanol–water partition coefficient (Wildman–Crippen LogP) is 3.39. The quantitative estimate of drug-likeness (QED) is 0.231. The summed E-state index contributed by atoms with van der Waals surface area (Å²) in [5, 5.41) is 10.4. The summed E-state index contributed by atoms with van der Waals surface area (Å²) in [7, 11) is 1.65. The number of aryl methyl sites for hydroxylation is 1. The normalized spacial score (nSPS) is 10.9. The lowest BCUT2D eigenvalue weighted by atomic mass is 10.1. The number of guanidine groups is 1. The molecule has 0 aliphatic rings. The van der Waals surface area contributed by atoms with Crippen LogP contribution in [0, 0.1) is 0 Å². The smallest absolute Gasteiger partial charge is 0.191 e. The van der Waals surface area contributed by atoms with Crippen molar-refractivity contribution in [2.24, 2.45) is 4.99 Å². The van der Waals surface area contributed by atoms with Crippen molar-refractivity contribution < 1.29 is 14.0 Å². The summed E-state index contributed by atoms with van der Waals surface area (Å²) in [5.41, 5.74) is 2.03. The summed E-state index contributed by atoms with van der Waals surface area (Å²) < 4.78 is 15.8. The van der Waals surface area contributed by atoms with Gasteiger partial charge in [-0.3, -0.25) is 0 Å². The molecule has 1 heterocycles. The second-order valence-corrected chi connectivity index (χ2v) is 5.63. The van der Waals surface area contributed by atoms with Crippen LogP contribution in [0.15, 0.2) is 40.0 Å². The van der Waals surface area contributed by atoms with E-state index in [1.54, 1.807) is 13.4 Å². The fourth-order valence-corrected chi connectivity index (χ4v) is 2.47. The van der Waals surface area contributed by atoms with Crippen LogP contribution < -0.4 is 20.1 Å². The van der Waals surface area contributed by atoms with Crippen LogP contribution in [-0.2, 0) is 13.0 Å². The highest BCUT2D eigenvalue weighted by atomic mass is 127. The van der Waals surface area contributed by atoms with Gasteiger partial charge < -0.3 is 24.6 Å². The van der Waals surface area contributed by atoms with E-state index in [-0.39, 0.29) is 24.0 Å². The van der Waals surface area contributed by atoms with E-state index < -0.39 is 0 Å². The van der Waals surface area contributed by atoms with Crippen LogP contribution in [0.25, 0.3) is 0 Å². The van der Waals surface area contributed by atoms with Crippen molar-refractivity contribution in [1.82, 2.24) is 15.8 Å². The van der Waals surface area contributed by atoms with Crippen molar-refractivity contribution in [3.8, 4) is 11.5 Å². The molecule has 1 aromatic heterocycles. The Morgan fingerprint density at radius 1 is 1.19 bits per heavy atom. The van der Waals surface area contributed by atoms with Gasteiger partial charge in [-0.1, -0.05) is 11.2 Å². The molecule has 2 N–H and O–H groups in total. The van der Waals surface area contributed by atoms with Gasteiger partial charge in [0.25, 0.3) is 0 Å². The number of hydrogen-bond donors (Lipinski definition) is 2. The number of halogens is 1. The third kappa shape index (κ3) is 8.06. The monoisotopic (exact) mass is 488 g/mol. The molecule has 0 atom stereocenters. The Labute approximate surface area is 177 Å². The fraction of sp³-hybridized carbons (Fsp3) is 0.474. The number of methoxy groups -OCH3 is 1. The number of benzene rings is 1. The Bertz CT molecular complexity index is 678. The molecule has 0 radical (unpaired) electrons. The highest BCUT2D eigenvalue weighted by Crippen LogP contribution is 2.28. The number of ether oxygens (including phenoxy) is 2. The minimum atomic E-state index is 0. The molecule has 0 aliphatic carbocycles. The van der Waals surface area contributed by atoms with Gasteiger partial charge in [0.15, 0.2) is 17.5 Å². The molecule has 1 aromatic carbocycles. The Morgan fingerprint density at radius 2 is 2.04 bits per heavy atom. The van der Waals surface area contributed by atoms with Gasteiger partial charge in [0.05, 0.1) is 20.3 Å². The maximum absolute atomic E-state index is 5.63. The molecule has 2 rings (SSSR count). The van der Waals surface area contributed by atoms with Crippen LogP contribution in [0.3, 0.4) is 0 Å². The summed E-state index contributed by atoms with van der Waals surface area (Å²) in [6.07, 6.45) is 3.47. The first-order valence-corrected chi connectivity index (χ1v) is 8.98. The lowest BCUT2D eigenvalue weighted by molar-refractivity contribution is 0.310. The van der Waals surface area contributed by atoms with E-state index in [2.05, 4.69) is 26.8 Å². The van der Waals surface area contributed by atoms with Gasteiger partial charge in [-0.25, -0.2) is 4.99 Å². The van der Waals surface area contributed by atoms with Crippen molar-refractivity contribution >= 4 is 29.9 Å². The second-order valence-electron chi connectivity index (χ2n) is 5.63. The maximum atomic E-state index is 5.63. The summed E-state index contributed by atoms with van der Waals surface area (Å²) in [6.45, 7) is 6.75. The molecule has 0 amide bonds. The molecule has 27 heavy (non-hydrogen) atoms. The largest absolute Gasteiger partial charge is 0.493 e. The number of hydrogen-bond acceptors (Lipinski definition) is 5. The van der Waals surface area contributed by atoms with Gasteiger partial charge in [-0.15, -0.1) is 24.0 Å². The standard InChI is InChI=1S/C19H28N4O3.HI/c1-4-20-19(22-14-16-10-12-26-23-16)21-11-6-7-15-8-9-17(24-3)18(13-15)25-5-2;/h8-10,12-13H,4-7,11,14H2,1-3H3,(H2,20,21,22);1H. The zero-order chi connectivity index (χ0) is 18.6. The van der Waals surface area contributed by atoms with Crippen molar-refractivity contribution in [3.63, 3.8) is 0 Å². The van der Waals surface area contributed by atoms with Gasteiger partial charge in [-0.2, -0.15) is 0 Å². The van der Waals surface area contributed by atoms with Crippen LogP contribution in [0.5, 0.6) is 11.5 Å². The lowest BCUT2D eigenvalue weighted by Crippen LogP contribution is -2.37. The molecular formula is C19H29IN4O3. The fourth-order valence-electron chi connectivity index (χ4n) is 2.47. The van der Waals surface area contributed by atoms with E-state index in [9.17, 15) is 0 Å². The molecule has 2 aromatic rings. The first kappa shape index (κ1) is 23.1. The summed E-state index contributed by atoms with van der Waals surface area (Å²) in [5.74, 6) is 2.34. The Morgan fingerprint density at radius 3 is 2.70 bits per heavy atom. The molecule has 0 saturated carbocycles. The average molecular weight is 488 g/mol. The summed E-state index contributed by atoms with van der Waals surface area (Å²) >= 11 is 0. The lowest BCUT2D eigenvalue weighted by Gasteiger charge is -2.12.